The van der Waals surface area contributed by atoms with Crippen molar-refractivity contribution in [2.24, 2.45) is 0 Å². The molecule has 0 heterocycles. The van der Waals surface area contributed by atoms with Gasteiger partial charge in [-0.3, -0.25) is 9.69 Å². The van der Waals surface area contributed by atoms with E-state index in [1.807, 2.05) is 18.7 Å². The lowest BCUT2D eigenvalue weighted by Gasteiger charge is -2.15. The first-order valence-corrected chi connectivity index (χ1v) is 3.90. The van der Waals surface area contributed by atoms with Gasteiger partial charge in [0.2, 0.25) is 0 Å². The number of nitrogens with zero attached hydrogens (tertiary/aromatic N) is 1. The lowest BCUT2D eigenvalue weighted by Crippen LogP contribution is -2.24. The molecule has 0 N–H and O–H groups in total. The fourth-order valence-corrected chi connectivity index (χ4v) is 0.682. The van der Waals surface area contributed by atoms with E-state index in [1.165, 1.54) is 0 Å². The summed E-state index contributed by atoms with van der Waals surface area (Å²) in [5.74, 6) is 0.0219. The molecule has 11 heavy (non-hydrogen) atoms. The maximum absolute atomic E-state index is 11.1. The molecule has 0 bridgehead atoms. The molecule has 0 aromatic heterocycles. The van der Waals surface area contributed by atoms with Gasteiger partial charge in [0.15, 0.2) is 5.78 Å². The van der Waals surface area contributed by atoms with Crippen LogP contribution in [0.3, 0.4) is 0 Å². The topological polar surface area (TPSA) is 20.3 Å². The molecule has 0 unspecified atom stereocenters. The van der Waals surface area contributed by atoms with Gasteiger partial charge < -0.3 is 0 Å². The molecule has 0 aliphatic carbocycles. The molecule has 0 aliphatic rings. The number of rotatable bonds is 5. The van der Waals surface area contributed by atoms with Gasteiger partial charge in [-0.05, 0) is 25.6 Å². The van der Waals surface area contributed by atoms with Gasteiger partial charge in [0, 0.05) is 0 Å². The predicted octanol–water partition coefficient (Wildman–Crippen LogP) is 1.64. The largest absolute Gasteiger partial charge is 0.293 e. The van der Waals surface area contributed by atoms with E-state index < -0.39 is 0 Å². The summed E-state index contributed by atoms with van der Waals surface area (Å²) in [6.07, 6.45) is 0. The minimum Gasteiger partial charge on any atom is -0.293 e. The Labute approximate surface area is 68.9 Å². The molecular weight excluding hydrogens is 138 g/mol. The zero-order chi connectivity index (χ0) is 8.85. The summed E-state index contributed by atoms with van der Waals surface area (Å²) in [4.78, 5) is 13.0. The van der Waals surface area contributed by atoms with Crippen LogP contribution in [0.25, 0.3) is 0 Å². The average molecular weight is 154 g/mol. The Hall–Kier alpha value is -0.630. The zero-order valence-corrected chi connectivity index (χ0v) is 7.55. The van der Waals surface area contributed by atoms with E-state index in [1.54, 1.807) is 13.5 Å². The first-order chi connectivity index (χ1) is 5.11. The molecule has 0 aliphatic heterocycles. The van der Waals surface area contributed by atoms with Crippen molar-refractivity contribution < 1.29 is 4.79 Å². The summed E-state index contributed by atoms with van der Waals surface area (Å²) in [7, 11) is 0. The highest BCUT2D eigenvalue weighted by atomic mass is 16.1. The lowest BCUT2D eigenvalue weighted by atomic mass is 10.2. The fraction of sp³-hybridized carbons (Fsp3) is 0.556. The maximum Gasteiger partial charge on any atom is 0.177 e. The van der Waals surface area contributed by atoms with Crippen LogP contribution in [0.1, 0.15) is 20.8 Å². The van der Waals surface area contributed by atoms with Crippen LogP contribution < -0.4 is 0 Å². The first-order valence-electron chi connectivity index (χ1n) is 3.90. The van der Waals surface area contributed by atoms with Crippen LogP contribution in [0.2, 0.25) is 0 Å². The fourth-order valence-electron chi connectivity index (χ4n) is 0.682. The summed E-state index contributed by atoms with van der Waals surface area (Å²) < 4.78 is 0. The normalized spacial score (nSPS) is 10.2. The summed E-state index contributed by atoms with van der Waals surface area (Å²) in [6, 6.07) is 0. The van der Waals surface area contributed by atoms with Crippen LogP contribution >= 0.6 is 0 Å². The van der Waals surface area contributed by atoms with Gasteiger partial charge in [-0.2, -0.15) is 0 Å². The number of carbonyl (C=O) groups is 1. The van der Waals surface area contributed by atoms with Gasteiger partial charge in [0.05, 0.1) is 6.54 Å². The van der Waals surface area contributed by atoms with E-state index in [0.29, 0.717) is 5.57 Å². The molecule has 0 amide bonds. The highest BCUT2D eigenvalue weighted by molar-refractivity contribution is 6.00. The summed E-state index contributed by atoms with van der Waals surface area (Å²) in [5.41, 5.74) is 0.594. The third-order valence-electron chi connectivity index (χ3n) is 1.53. The monoisotopic (exact) mass is 154 g/mol. The number of ketones is 1. The van der Waals surface area contributed by atoms with Gasteiger partial charge >= 0.3 is 0 Å². The second-order valence-electron chi connectivity index (χ2n) is 2.49. The van der Waals surface area contributed by atoms with Crippen molar-refractivity contribution in [3.05, 3.63) is 18.7 Å². The third-order valence-corrected chi connectivity index (χ3v) is 1.53. The number of likely N-dealkylation sites (N-methyl/N-ethyl adjacent to an activating group) is 1. The van der Waals surface area contributed by atoms with Crippen molar-refractivity contribution in [1.82, 2.24) is 4.90 Å². The Kier molecular flexibility index (Phi) is 4.79. The number of hydrogen-bond donors (Lipinski definition) is 0. The molecule has 0 saturated carbocycles. The van der Waals surface area contributed by atoms with Crippen molar-refractivity contribution in [3.63, 3.8) is 0 Å². The van der Waals surface area contributed by atoms with Crippen LogP contribution in [0.15, 0.2) is 12.2 Å². The minimum absolute atomic E-state index is 0.0219. The van der Waals surface area contributed by atoms with Gasteiger partial charge in [-0.1, -0.05) is 20.4 Å². The minimum atomic E-state index is 0.0219. The smallest absolute Gasteiger partial charge is 0.177 e. The second-order valence-corrected chi connectivity index (χ2v) is 2.49. The molecule has 63 valence electrons. The molecule has 0 saturated heterocycles. The molecule has 0 spiro atoms. The standard InChI is InChI=1S/C9H16NO/c1-5-10(6-2)7-9(11)8(3)4/h7H,3,5-6H2,1-2,4H3. The van der Waals surface area contributed by atoms with Crippen LogP contribution in [0.5, 0.6) is 0 Å². The molecular formula is C9H16NO. The van der Waals surface area contributed by atoms with Crippen LogP contribution in [-0.4, -0.2) is 23.8 Å². The Morgan fingerprint density at radius 2 is 1.91 bits per heavy atom. The lowest BCUT2D eigenvalue weighted by molar-refractivity contribution is -0.114. The van der Waals surface area contributed by atoms with Gasteiger partial charge in [-0.25, -0.2) is 0 Å². The molecule has 0 fully saturated rings. The van der Waals surface area contributed by atoms with Gasteiger partial charge in [0.1, 0.15) is 0 Å². The molecule has 0 aromatic carbocycles. The summed E-state index contributed by atoms with van der Waals surface area (Å²) in [5, 5.41) is 0. The van der Waals surface area contributed by atoms with Crippen molar-refractivity contribution in [1.29, 1.82) is 0 Å². The van der Waals surface area contributed by atoms with E-state index in [4.69, 9.17) is 0 Å². The molecule has 0 rings (SSSR count). The molecule has 0 aromatic rings. The first kappa shape index (κ1) is 10.4. The Morgan fingerprint density at radius 1 is 1.45 bits per heavy atom. The van der Waals surface area contributed by atoms with Gasteiger partial charge in [0.25, 0.3) is 0 Å². The zero-order valence-electron chi connectivity index (χ0n) is 7.55. The van der Waals surface area contributed by atoms with E-state index in [9.17, 15) is 4.79 Å². The van der Waals surface area contributed by atoms with Crippen LogP contribution in [0, 0.1) is 6.54 Å². The van der Waals surface area contributed by atoms with Crippen LogP contribution in [0.4, 0.5) is 0 Å². The summed E-state index contributed by atoms with van der Waals surface area (Å²) in [6.45, 7) is 12.7. The Bertz CT molecular complexity index is 148. The second kappa shape index (κ2) is 5.08. The predicted molar refractivity (Wildman–Crippen MR) is 47.0 cm³/mol. The van der Waals surface area contributed by atoms with Crippen molar-refractivity contribution in [2.45, 2.75) is 20.8 Å². The maximum atomic E-state index is 11.1. The van der Waals surface area contributed by atoms with Crippen molar-refractivity contribution in [2.75, 3.05) is 13.1 Å². The van der Waals surface area contributed by atoms with Gasteiger partial charge in [-0.15, -0.1) is 0 Å². The van der Waals surface area contributed by atoms with E-state index >= 15 is 0 Å². The number of Topliss-reactive ketones (excluding diaryl/α,β-unsaturated/α-hetero) is 1. The van der Waals surface area contributed by atoms with E-state index in [-0.39, 0.29) is 5.78 Å². The van der Waals surface area contributed by atoms with E-state index in [2.05, 4.69) is 6.58 Å². The quantitative estimate of drug-likeness (QED) is 0.561. The van der Waals surface area contributed by atoms with Crippen molar-refractivity contribution >= 4 is 5.78 Å². The van der Waals surface area contributed by atoms with Crippen LogP contribution in [-0.2, 0) is 4.79 Å². The number of hydrogen-bond acceptors (Lipinski definition) is 2. The molecule has 0 atom stereocenters. The van der Waals surface area contributed by atoms with Crippen molar-refractivity contribution in [3.8, 4) is 0 Å². The third kappa shape index (κ3) is 3.94. The average Bonchev–Trinajstić information content (AvgIpc) is 1.99. The molecule has 1 radical (unpaired) electrons. The highest BCUT2D eigenvalue weighted by Gasteiger charge is 2.07. The number of carbonyl (C=O) groups excluding carboxylic acids is 1. The molecule has 2 nitrogen and oxygen atoms in total. The highest BCUT2D eigenvalue weighted by Crippen LogP contribution is 1.99. The molecule has 2 heteroatoms. The van der Waals surface area contributed by atoms with E-state index in [0.717, 1.165) is 13.1 Å². The Morgan fingerprint density at radius 3 is 2.18 bits per heavy atom. The summed E-state index contributed by atoms with van der Waals surface area (Å²) >= 11 is 0. The SMILES string of the molecule is C=C(C)C(=O)[CH]N(CC)CC. The Balaban J connectivity index is 3.81.